The van der Waals surface area contributed by atoms with Gasteiger partial charge in [-0.25, -0.2) is 0 Å². The van der Waals surface area contributed by atoms with Gasteiger partial charge in [0.05, 0.1) is 25.4 Å². The zero-order chi connectivity index (χ0) is 40.3. The van der Waals surface area contributed by atoms with E-state index in [4.69, 9.17) is 28.4 Å². The van der Waals surface area contributed by atoms with Gasteiger partial charge in [0.25, 0.3) is 0 Å². The maximum absolute atomic E-state index is 7.29. The van der Waals surface area contributed by atoms with E-state index in [9.17, 15) is 0 Å². The Balaban J connectivity index is 1.26. The van der Waals surface area contributed by atoms with Crippen LogP contribution in [0.5, 0.6) is 34.5 Å². The molecule has 4 atom stereocenters. The zero-order valence-corrected chi connectivity index (χ0v) is 34.3. The lowest BCUT2D eigenvalue weighted by Gasteiger charge is -2.38. The van der Waals surface area contributed by atoms with Gasteiger partial charge in [-0.3, -0.25) is 0 Å². The van der Waals surface area contributed by atoms with Crippen LogP contribution in [0.25, 0.3) is 22.9 Å². The van der Waals surface area contributed by atoms with Crippen molar-refractivity contribution < 1.29 is 28.4 Å². The first-order valence-electron chi connectivity index (χ1n) is 20.7. The van der Waals surface area contributed by atoms with Crippen LogP contribution in [-0.4, -0.2) is 25.4 Å². The third kappa shape index (κ3) is 7.06. The molecular weight excluding hydrogens is 721 g/mol. The Morgan fingerprint density at radius 3 is 1.34 bits per heavy atom. The fraction of sp³-hybridized carbons (Fsp3) is 0.269. The fourth-order valence-corrected chi connectivity index (χ4v) is 7.99. The Kier molecular flexibility index (Phi) is 10.9. The summed E-state index contributed by atoms with van der Waals surface area (Å²) < 4.78 is 39.7. The van der Waals surface area contributed by atoms with Gasteiger partial charge in [-0.05, 0) is 107 Å². The molecule has 0 fully saturated rings. The molecule has 0 spiro atoms. The molecule has 4 unspecified atom stereocenters. The van der Waals surface area contributed by atoms with E-state index in [1.54, 1.807) is 0 Å². The first kappa shape index (κ1) is 38.7. The summed E-state index contributed by atoms with van der Waals surface area (Å²) in [7, 11) is 0. The monoisotopic (exact) mass is 772 g/mol. The summed E-state index contributed by atoms with van der Waals surface area (Å²) in [5.74, 6) is 4.50. The Bertz CT molecular complexity index is 2290. The Labute approximate surface area is 342 Å². The molecule has 0 saturated carbocycles. The molecule has 2 aliphatic rings. The van der Waals surface area contributed by atoms with Crippen molar-refractivity contribution in [2.45, 2.75) is 77.8 Å². The third-order valence-electron chi connectivity index (χ3n) is 11.2. The minimum atomic E-state index is -0.967. The lowest BCUT2D eigenvalue weighted by molar-refractivity contribution is 0.154. The summed E-state index contributed by atoms with van der Waals surface area (Å²) in [5, 5.41) is 2.14. The molecule has 6 nitrogen and oxygen atoms in total. The lowest BCUT2D eigenvalue weighted by Crippen LogP contribution is -2.35. The standard InChI is InChI=1S/C52H52O6/c1-7-35(5)55-40-23-25-44(48(33-40)53-9-3)51(38-17-13-11-14-18-38)31-29-42-46(57-51)27-21-37-22-28-47-43(50(37)42)30-32-52(58-47,39-19-15-12-16-20-39)45-26-24-41(56-36(6)8-2)34-49(45)54-10-4/h11-36H,7-10H2,1-6H3. The zero-order valence-electron chi connectivity index (χ0n) is 34.3. The molecule has 0 aliphatic carbocycles. The summed E-state index contributed by atoms with van der Waals surface area (Å²) in [6.07, 6.45) is 10.7. The largest absolute Gasteiger partial charge is 0.493 e. The molecule has 6 heteroatoms. The second kappa shape index (κ2) is 16.4. The van der Waals surface area contributed by atoms with E-state index in [0.717, 1.165) is 91.5 Å². The van der Waals surface area contributed by atoms with Crippen molar-refractivity contribution in [3.05, 3.63) is 167 Å². The van der Waals surface area contributed by atoms with Gasteiger partial charge < -0.3 is 28.4 Å². The van der Waals surface area contributed by atoms with Crippen molar-refractivity contribution in [2.75, 3.05) is 13.2 Å². The number of fused-ring (bicyclic) bond motifs is 5. The topological polar surface area (TPSA) is 55.4 Å². The van der Waals surface area contributed by atoms with Gasteiger partial charge in [-0.1, -0.05) is 86.6 Å². The van der Waals surface area contributed by atoms with E-state index >= 15 is 0 Å². The number of hydrogen-bond acceptors (Lipinski definition) is 6. The van der Waals surface area contributed by atoms with Gasteiger partial charge >= 0.3 is 0 Å². The lowest BCUT2D eigenvalue weighted by atomic mass is 9.81. The highest BCUT2D eigenvalue weighted by Gasteiger charge is 2.42. The normalized spacial score (nSPS) is 18.9. The highest BCUT2D eigenvalue weighted by molar-refractivity contribution is 6.02. The Morgan fingerprint density at radius 1 is 0.517 bits per heavy atom. The molecule has 0 radical (unpaired) electrons. The van der Waals surface area contributed by atoms with Gasteiger partial charge in [0, 0.05) is 50.9 Å². The van der Waals surface area contributed by atoms with E-state index in [1.165, 1.54) is 0 Å². The molecular formula is C52H52O6. The Hall–Kier alpha value is -6.14. The summed E-state index contributed by atoms with van der Waals surface area (Å²) in [4.78, 5) is 0. The molecule has 296 valence electrons. The second-order valence-electron chi connectivity index (χ2n) is 15.0. The number of ether oxygens (including phenoxy) is 6. The van der Waals surface area contributed by atoms with Crippen molar-refractivity contribution in [1.29, 1.82) is 0 Å². The predicted molar refractivity (Wildman–Crippen MR) is 234 cm³/mol. The molecule has 0 N–H and O–H groups in total. The summed E-state index contributed by atoms with van der Waals surface area (Å²) in [6, 6.07) is 41.2. The Morgan fingerprint density at radius 2 is 0.948 bits per heavy atom. The van der Waals surface area contributed by atoms with Crippen LogP contribution in [0.2, 0.25) is 0 Å². The van der Waals surface area contributed by atoms with Crippen LogP contribution in [0.4, 0.5) is 0 Å². The van der Waals surface area contributed by atoms with E-state index in [0.29, 0.717) is 13.2 Å². The quantitative estimate of drug-likeness (QED) is 0.110. The van der Waals surface area contributed by atoms with Crippen molar-refractivity contribution >= 4 is 22.9 Å². The van der Waals surface area contributed by atoms with Gasteiger partial charge in [-0.15, -0.1) is 0 Å². The van der Waals surface area contributed by atoms with Crippen LogP contribution in [0.1, 0.15) is 87.8 Å². The van der Waals surface area contributed by atoms with Crippen LogP contribution in [0.15, 0.2) is 133 Å². The van der Waals surface area contributed by atoms with Gasteiger partial charge in [-0.2, -0.15) is 0 Å². The van der Waals surface area contributed by atoms with Gasteiger partial charge in [0.2, 0.25) is 0 Å². The molecule has 2 heterocycles. The molecule has 6 aromatic carbocycles. The number of hydrogen-bond donors (Lipinski definition) is 0. The average molecular weight is 773 g/mol. The van der Waals surface area contributed by atoms with E-state index in [1.807, 2.05) is 74.5 Å². The van der Waals surface area contributed by atoms with Crippen LogP contribution in [-0.2, 0) is 11.2 Å². The fourth-order valence-electron chi connectivity index (χ4n) is 7.99. The smallest absolute Gasteiger partial charge is 0.181 e. The van der Waals surface area contributed by atoms with Crippen molar-refractivity contribution in [3.63, 3.8) is 0 Å². The van der Waals surface area contributed by atoms with Crippen LogP contribution in [0, 0.1) is 0 Å². The summed E-state index contributed by atoms with van der Waals surface area (Å²) in [6.45, 7) is 13.4. The van der Waals surface area contributed by atoms with E-state index in [-0.39, 0.29) is 12.2 Å². The van der Waals surface area contributed by atoms with E-state index < -0.39 is 11.2 Å². The third-order valence-corrected chi connectivity index (χ3v) is 11.2. The van der Waals surface area contributed by atoms with Crippen LogP contribution < -0.4 is 28.4 Å². The van der Waals surface area contributed by atoms with Crippen molar-refractivity contribution in [3.8, 4) is 34.5 Å². The molecule has 0 aromatic heterocycles. The summed E-state index contributed by atoms with van der Waals surface area (Å²) in [5.41, 5.74) is 3.81. The minimum absolute atomic E-state index is 0.0811. The van der Waals surface area contributed by atoms with Crippen molar-refractivity contribution in [2.24, 2.45) is 0 Å². The van der Waals surface area contributed by atoms with Crippen LogP contribution in [0.3, 0.4) is 0 Å². The molecule has 6 aromatic rings. The predicted octanol–water partition coefficient (Wildman–Crippen LogP) is 12.7. The minimum Gasteiger partial charge on any atom is -0.493 e. The van der Waals surface area contributed by atoms with Crippen molar-refractivity contribution in [1.82, 2.24) is 0 Å². The molecule has 0 bridgehead atoms. The molecule has 58 heavy (non-hydrogen) atoms. The molecule has 0 saturated heterocycles. The molecule has 2 aliphatic heterocycles. The highest BCUT2D eigenvalue weighted by Crippen LogP contribution is 2.51. The molecule has 8 rings (SSSR count). The van der Waals surface area contributed by atoms with Crippen LogP contribution >= 0.6 is 0 Å². The van der Waals surface area contributed by atoms with E-state index in [2.05, 4.69) is 113 Å². The molecule has 0 amide bonds. The first-order chi connectivity index (χ1) is 28.3. The number of rotatable bonds is 14. The highest BCUT2D eigenvalue weighted by atomic mass is 16.5. The van der Waals surface area contributed by atoms with Gasteiger partial charge in [0.1, 0.15) is 34.5 Å². The average Bonchev–Trinajstić information content (AvgIpc) is 3.26. The number of benzene rings is 6. The first-order valence-corrected chi connectivity index (χ1v) is 20.7. The maximum atomic E-state index is 7.29. The second-order valence-corrected chi connectivity index (χ2v) is 15.0. The summed E-state index contributed by atoms with van der Waals surface area (Å²) >= 11 is 0. The maximum Gasteiger partial charge on any atom is 0.181 e. The SMILES string of the molecule is CCOc1cc(OC(C)CC)ccc1C1(c2ccccc2)C=Cc2c(ccc3ccc4c(c23)C=CC(c2ccccc2)(c2ccc(OC(C)CC)cc2OCC)O4)O1. The van der Waals surface area contributed by atoms with Gasteiger partial charge in [0.15, 0.2) is 11.2 Å².